The average molecular weight is 420 g/mol. The van der Waals surface area contributed by atoms with Gasteiger partial charge in [-0.1, -0.05) is 23.9 Å². The Morgan fingerprint density at radius 3 is 2.59 bits per heavy atom. The number of oxazole rings is 1. The van der Waals surface area contributed by atoms with E-state index in [1.165, 1.54) is 0 Å². The van der Waals surface area contributed by atoms with Crippen LogP contribution in [0, 0.1) is 0 Å². The van der Waals surface area contributed by atoms with Crippen molar-refractivity contribution in [3.63, 3.8) is 0 Å². The summed E-state index contributed by atoms with van der Waals surface area (Å²) in [5.74, 6) is -0.680. The number of hydrogen-bond acceptors (Lipinski definition) is 8. The number of rotatable bonds is 7. The summed E-state index contributed by atoms with van der Waals surface area (Å²) in [7, 11) is 3.44. The molecule has 29 heavy (non-hydrogen) atoms. The molecule has 0 spiro atoms. The van der Waals surface area contributed by atoms with Gasteiger partial charge in [-0.15, -0.1) is 0 Å². The van der Waals surface area contributed by atoms with E-state index in [2.05, 4.69) is 4.98 Å². The quantitative estimate of drug-likeness (QED) is 0.477. The second-order valence-electron chi connectivity index (χ2n) is 6.84. The third-order valence-corrected chi connectivity index (χ3v) is 5.33. The van der Waals surface area contributed by atoms with E-state index in [0.717, 1.165) is 17.3 Å². The highest BCUT2D eigenvalue weighted by molar-refractivity contribution is 7.99. The van der Waals surface area contributed by atoms with Gasteiger partial charge in [0.05, 0.1) is 6.54 Å². The zero-order chi connectivity index (χ0) is 20.8. The Morgan fingerprint density at radius 2 is 1.90 bits per heavy atom. The molecule has 0 radical (unpaired) electrons. The minimum absolute atomic E-state index is 0.0144. The summed E-state index contributed by atoms with van der Waals surface area (Å²) in [6.07, 6.45) is 0. The molecule has 9 nitrogen and oxygen atoms in total. The molecule has 2 heterocycles. The summed E-state index contributed by atoms with van der Waals surface area (Å²) < 4.78 is 10.6. The van der Waals surface area contributed by atoms with Crippen molar-refractivity contribution in [1.29, 1.82) is 0 Å². The van der Waals surface area contributed by atoms with Crippen LogP contribution in [0.2, 0.25) is 0 Å². The molecular weight excluding hydrogens is 396 g/mol. The van der Waals surface area contributed by atoms with Crippen molar-refractivity contribution >= 4 is 40.6 Å². The van der Waals surface area contributed by atoms with Gasteiger partial charge in [0, 0.05) is 40.3 Å². The van der Waals surface area contributed by atoms with Crippen molar-refractivity contribution in [2.24, 2.45) is 0 Å². The molecular formula is C19H24N4O5S. The number of thioether (sulfide) groups is 1. The predicted octanol–water partition coefficient (Wildman–Crippen LogP) is 0.696. The number of ether oxygens (including phenoxy) is 1. The molecule has 0 N–H and O–H groups in total. The monoisotopic (exact) mass is 420 g/mol. The lowest BCUT2D eigenvalue weighted by Crippen LogP contribution is -2.51. The number of nitrogens with zero attached hydrogens (tertiary/aromatic N) is 4. The predicted molar refractivity (Wildman–Crippen MR) is 107 cm³/mol. The van der Waals surface area contributed by atoms with Crippen LogP contribution in [0.25, 0.3) is 11.1 Å². The van der Waals surface area contributed by atoms with Gasteiger partial charge in [0.15, 0.2) is 12.2 Å². The maximum Gasteiger partial charge on any atom is 0.316 e. The summed E-state index contributed by atoms with van der Waals surface area (Å²) in [5.41, 5.74) is 1.38. The molecule has 2 aromatic rings. The lowest BCUT2D eigenvalue weighted by molar-refractivity contribution is -0.150. The van der Waals surface area contributed by atoms with E-state index in [0.29, 0.717) is 43.5 Å². The lowest BCUT2D eigenvalue weighted by atomic mass is 10.3. The molecule has 1 saturated heterocycles. The third-order valence-electron chi connectivity index (χ3n) is 4.53. The summed E-state index contributed by atoms with van der Waals surface area (Å²) in [6, 6.07) is 7.34. The first-order chi connectivity index (χ1) is 13.9. The fourth-order valence-electron chi connectivity index (χ4n) is 2.80. The Hall–Kier alpha value is -2.59. The van der Waals surface area contributed by atoms with E-state index >= 15 is 0 Å². The van der Waals surface area contributed by atoms with E-state index in [9.17, 15) is 14.4 Å². The third kappa shape index (κ3) is 5.94. The van der Waals surface area contributed by atoms with Crippen LogP contribution in [0.1, 0.15) is 0 Å². The van der Waals surface area contributed by atoms with Crippen LogP contribution in [0.3, 0.4) is 0 Å². The standard InChI is InChI=1S/C19H24N4O5S/c1-21(2)16(24)11-22-7-9-23(10-8-22)17(25)12-27-18(26)13-29-19-20-14-5-3-4-6-15(14)28-19/h3-6H,7-13H2,1-2H3. The number of amides is 2. The first-order valence-electron chi connectivity index (χ1n) is 9.26. The highest BCUT2D eigenvalue weighted by atomic mass is 32.2. The molecule has 2 amide bonds. The van der Waals surface area contributed by atoms with Crippen LogP contribution < -0.4 is 0 Å². The van der Waals surface area contributed by atoms with Crippen LogP contribution in [0.4, 0.5) is 0 Å². The largest absolute Gasteiger partial charge is 0.455 e. The van der Waals surface area contributed by atoms with Crippen molar-refractivity contribution in [2.75, 3.05) is 59.2 Å². The molecule has 0 saturated carbocycles. The van der Waals surface area contributed by atoms with Gasteiger partial charge in [-0.25, -0.2) is 4.98 Å². The second-order valence-corrected chi connectivity index (χ2v) is 7.77. The van der Waals surface area contributed by atoms with Crippen molar-refractivity contribution in [3.05, 3.63) is 24.3 Å². The van der Waals surface area contributed by atoms with Crippen molar-refractivity contribution in [2.45, 2.75) is 5.22 Å². The number of carbonyl (C=O) groups is 3. The minimum Gasteiger partial charge on any atom is -0.455 e. The molecule has 1 aliphatic rings. The molecule has 10 heteroatoms. The maximum atomic E-state index is 12.2. The number of aromatic nitrogens is 1. The molecule has 0 atom stereocenters. The molecule has 3 rings (SSSR count). The average Bonchev–Trinajstić information content (AvgIpc) is 3.14. The number of fused-ring (bicyclic) bond motifs is 1. The number of hydrogen-bond donors (Lipinski definition) is 0. The maximum absolute atomic E-state index is 12.2. The number of esters is 1. The molecule has 1 fully saturated rings. The van der Waals surface area contributed by atoms with Gasteiger partial charge in [0.2, 0.25) is 5.91 Å². The first-order valence-corrected chi connectivity index (χ1v) is 10.2. The van der Waals surface area contributed by atoms with E-state index in [1.54, 1.807) is 30.0 Å². The molecule has 156 valence electrons. The summed E-state index contributed by atoms with van der Waals surface area (Å²) in [4.78, 5) is 45.4. The van der Waals surface area contributed by atoms with Crippen molar-refractivity contribution < 1.29 is 23.5 Å². The highest BCUT2D eigenvalue weighted by Crippen LogP contribution is 2.23. The molecule has 0 aliphatic carbocycles. The topological polar surface area (TPSA) is 96.2 Å². The summed E-state index contributed by atoms with van der Waals surface area (Å²) in [5, 5.41) is 0.387. The van der Waals surface area contributed by atoms with Gasteiger partial charge in [0.25, 0.3) is 11.1 Å². The fraction of sp³-hybridized carbons (Fsp3) is 0.474. The molecule has 1 aliphatic heterocycles. The molecule has 0 bridgehead atoms. The number of piperazine rings is 1. The van der Waals surface area contributed by atoms with Gasteiger partial charge in [-0.2, -0.15) is 0 Å². The lowest BCUT2D eigenvalue weighted by Gasteiger charge is -2.34. The second kappa shape index (κ2) is 9.75. The smallest absolute Gasteiger partial charge is 0.316 e. The molecule has 0 unspecified atom stereocenters. The minimum atomic E-state index is -0.499. The van der Waals surface area contributed by atoms with E-state index < -0.39 is 5.97 Å². The van der Waals surface area contributed by atoms with E-state index in [1.807, 2.05) is 23.1 Å². The highest BCUT2D eigenvalue weighted by Gasteiger charge is 2.23. The number of para-hydroxylation sites is 2. The van der Waals surface area contributed by atoms with Crippen molar-refractivity contribution in [1.82, 2.24) is 19.7 Å². The van der Waals surface area contributed by atoms with E-state index in [4.69, 9.17) is 9.15 Å². The SMILES string of the molecule is CN(C)C(=O)CN1CCN(C(=O)COC(=O)CSc2nc3ccccc3o2)CC1. The van der Waals surface area contributed by atoms with Crippen LogP contribution >= 0.6 is 11.8 Å². The van der Waals surface area contributed by atoms with Gasteiger partial charge >= 0.3 is 5.97 Å². The van der Waals surface area contributed by atoms with Gasteiger partial charge in [-0.05, 0) is 12.1 Å². The zero-order valence-electron chi connectivity index (χ0n) is 16.5. The summed E-state index contributed by atoms with van der Waals surface area (Å²) >= 11 is 1.13. The zero-order valence-corrected chi connectivity index (χ0v) is 17.3. The van der Waals surface area contributed by atoms with Gasteiger partial charge in [0.1, 0.15) is 11.3 Å². The van der Waals surface area contributed by atoms with Crippen LogP contribution in [0.15, 0.2) is 33.9 Å². The van der Waals surface area contributed by atoms with Crippen LogP contribution in [-0.4, -0.2) is 96.6 Å². The van der Waals surface area contributed by atoms with E-state index in [-0.39, 0.29) is 24.2 Å². The van der Waals surface area contributed by atoms with Gasteiger partial charge < -0.3 is 19.0 Å². The van der Waals surface area contributed by atoms with Gasteiger partial charge in [-0.3, -0.25) is 19.3 Å². The fourth-order valence-corrected chi connectivity index (χ4v) is 3.43. The Kier molecular flexibility index (Phi) is 7.10. The first kappa shape index (κ1) is 21.1. The number of benzene rings is 1. The normalized spacial score (nSPS) is 14.8. The Bertz CT molecular complexity index is 843. The van der Waals surface area contributed by atoms with Crippen LogP contribution in [0.5, 0.6) is 0 Å². The van der Waals surface area contributed by atoms with Crippen LogP contribution in [-0.2, 0) is 19.1 Å². The summed E-state index contributed by atoms with van der Waals surface area (Å²) in [6.45, 7) is 2.31. The number of likely N-dealkylation sites (N-methyl/N-ethyl adjacent to an activating group) is 1. The Labute approximate surface area is 173 Å². The molecule has 1 aromatic heterocycles. The Morgan fingerprint density at radius 1 is 1.17 bits per heavy atom. The Balaban J connectivity index is 1.36. The molecule has 1 aromatic carbocycles. The number of carbonyl (C=O) groups excluding carboxylic acids is 3. The van der Waals surface area contributed by atoms with Crippen molar-refractivity contribution in [3.8, 4) is 0 Å².